The molecule has 58 heavy (non-hydrogen) atoms. The number of nitrogens with one attached hydrogen (secondary N) is 2. The molecule has 2 N–H and O–H groups in total. The van der Waals surface area contributed by atoms with Crippen molar-refractivity contribution in [1.82, 2.24) is 25.3 Å². The van der Waals surface area contributed by atoms with Crippen LogP contribution in [0.4, 0.5) is 0 Å². The van der Waals surface area contributed by atoms with Crippen LogP contribution in [0.25, 0.3) is 0 Å². The van der Waals surface area contributed by atoms with Gasteiger partial charge in [0.05, 0.1) is 11.6 Å². The van der Waals surface area contributed by atoms with Gasteiger partial charge in [-0.3, -0.25) is 34.2 Å². The monoisotopic (exact) mass is 784 g/mol. The minimum absolute atomic E-state index is 0.0280. The van der Waals surface area contributed by atoms with Crippen molar-refractivity contribution in [2.75, 3.05) is 19.6 Å². The Morgan fingerprint density at radius 1 is 0.879 bits per heavy atom. The van der Waals surface area contributed by atoms with Crippen molar-refractivity contribution in [3.05, 3.63) is 99.1 Å². The maximum absolute atomic E-state index is 13.5. The maximum atomic E-state index is 13.5. The van der Waals surface area contributed by atoms with Gasteiger partial charge in [-0.1, -0.05) is 40.7 Å². The van der Waals surface area contributed by atoms with Crippen LogP contribution in [0.15, 0.2) is 54.6 Å². The van der Waals surface area contributed by atoms with Gasteiger partial charge in [0, 0.05) is 79.3 Å². The lowest BCUT2D eigenvalue weighted by molar-refractivity contribution is -0.164. The normalized spacial score (nSPS) is 23.7. The molecular formula is C46H52N6O6. The zero-order chi connectivity index (χ0) is 41.1. The summed E-state index contributed by atoms with van der Waals surface area (Å²) in [7, 11) is 0. The van der Waals surface area contributed by atoms with Crippen molar-refractivity contribution < 1.29 is 28.7 Å². The SMILES string of the molecule is CCc1cc(O[C@H]2C(C)(C)[C@H](NC(=O)c3ccc(C(=O)N4CCC(CN5Cc6cc7c(cc6C5)C(=O)N(C5CCC(=O)NC5=O)C7)CC4)cc3)C2(C)C)ccc1C#N. The number of piperidine rings is 2. The number of nitriles is 1. The zero-order valence-electron chi connectivity index (χ0n) is 34.0. The summed E-state index contributed by atoms with van der Waals surface area (Å²) in [6.45, 7) is 14.6. The molecule has 0 bridgehead atoms. The van der Waals surface area contributed by atoms with Crippen molar-refractivity contribution in [3.63, 3.8) is 0 Å². The van der Waals surface area contributed by atoms with Crippen molar-refractivity contribution in [3.8, 4) is 11.8 Å². The van der Waals surface area contributed by atoms with Gasteiger partial charge in [-0.05, 0) is 102 Å². The first-order valence-corrected chi connectivity index (χ1v) is 20.6. The molecule has 5 amide bonds. The first-order chi connectivity index (χ1) is 27.7. The van der Waals surface area contributed by atoms with Crippen LogP contribution in [-0.4, -0.2) is 82.1 Å². The first-order valence-electron chi connectivity index (χ1n) is 20.6. The highest BCUT2D eigenvalue weighted by Crippen LogP contribution is 2.55. The van der Waals surface area contributed by atoms with Crippen molar-refractivity contribution in [2.24, 2.45) is 16.7 Å². The number of carbonyl (C=O) groups is 5. The topological polar surface area (TPSA) is 152 Å². The molecule has 0 aromatic heterocycles. The number of carbonyl (C=O) groups excluding carboxylic acids is 5. The summed E-state index contributed by atoms with van der Waals surface area (Å²) >= 11 is 0. The predicted octanol–water partition coefficient (Wildman–Crippen LogP) is 5.36. The Morgan fingerprint density at radius 3 is 2.21 bits per heavy atom. The van der Waals surface area contributed by atoms with Gasteiger partial charge in [0.25, 0.3) is 17.7 Å². The molecule has 1 aliphatic carbocycles. The van der Waals surface area contributed by atoms with E-state index in [0.717, 1.165) is 61.3 Å². The number of hydrogen-bond acceptors (Lipinski definition) is 8. The highest BCUT2D eigenvalue weighted by atomic mass is 16.5. The third-order valence-electron chi connectivity index (χ3n) is 13.4. The molecule has 1 saturated carbocycles. The highest BCUT2D eigenvalue weighted by molar-refractivity contribution is 6.05. The fourth-order valence-electron chi connectivity index (χ4n) is 10.5. The van der Waals surface area contributed by atoms with Crippen molar-refractivity contribution in [2.45, 2.75) is 105 Å². The van der Waals surface area contributed by atoms with Crippen LogP contribution in [0.1, 0.15) is 119 Å². The molecule has 0 spiro atoms. The molecule has 2 saturated heterocycles. The van der Waals surface area contributed by atoms with Crippen molar-refractivity contribution >= 4 is 29.5 Å². The molecule has 3 aromatic rings. The van der Waals surface area contributed by atoms with Crippen LogP contribution in [-0.2, 0) is 35.6 Å². The summed E-state index contributed by atoms with van der Waals surface area (Å²) < 4.78 is 6.50. The summed E-state index contributed by atoms with van der Waals surface area (Å²) in [5.41, 5.74) is 5.90. The second-order valence-electron chi connectivity index (χ2n) is 18.0. The minimum Gasteiger partial charge on any atom is -0.489 e. The summed E-state index contributed by atoms with van der Waals surface area (Å²) in [5.74, 6) is 0.125. The molecule has 3 aromatic carbocycles. The highest BCUT2D eigenvalue weighted by Gasteiger charge is 2.64. The van der Waals surface area contributed by atoms with E-state index in [0.29, 0.717) is 54.2 Å². The van der Waals surface area contributed by atoms with E-state index in [1.54, 1.807) is 35.2 Å². The molecule has 4 aliphatic heterocycles. The standard InChI is InChI=1S/C46H52N6O6/c1-6-28-20-35(12-11-31(28)22-47)58-44-45(2,3)43(46(44,4)5)49-39(54)29-7-9-30(10-8-29)41(56)51-17-15-27(16-18-51)23-50-24-32-19-34-26-52(37-13-14-38(53)48-40(37)55)42(57)36(34)21-33(32)25-50/h7-12,19-21,27,37,43-44H,6,13-18,23-26H2,1-5H3,(H,49,54)(H,48,53,55)/t37?,43-,44-. The average Bonchev–Trinajstić information content (AvgIpc) is 3.75. The van der Waals surface area contributed by atoms with Crippen LogP contribution >= 0.6 is 0 Å². The van der Waals surface area contributed by atoms with E-state index in [9.17, 15) is 29.2 Å². The molecule has 302 valence electrons. The maximum Gasteiger partial charge on any atom is 0.255 e. The van der Waals surface area contributed by atoms with Gasteiger partial charge in [-0.2, -0.15) is 5.26 Å². The van der Waals surface area contributed by atoms with Gasteiger partial charge in [-0.15, -0.1) is 0 Å². The van der Waals surface area contributed by atoms with Gasteiger partial charge in [0.2, 0.25) is 11.8 Å². The Hall–Kier alpha value is -5.54. The van der Waals surface area contributed by atoms with E-state index >= 15 is 0 Å². The minimum atomic E-state index is -0.613. The molecule has 8 rings (SSSR count). The predicted molar refractivity (Wildman–Crippen MR) is 215 cm³/mol. The molecule has 12 nitrogen and oxygen atoms in total. The van der Waals surface area contributed by atoms with E-state index < -0.39 is 11.9 Å². The Labute approximate surface area is 339 Å². The molecule has 3 fully saturated rings. The second kappa shape index (κ2) is 15.0. The van der Waals surface area contributed by atoms with Crippen LogP contribution in [0.2, 0.25) is 0 Å². The molecule has 12 heteroatoms. The first kappa shape index (κ1) is 39.3. The fourth-order valence-corrected chi connectivity index (χ4v) is 10.5. The van der Waals surface area contributed by atoms with E-state index in [-0.39, 0.29) is 53.0 Å². The van der Waals surface area contributed by atoms with Gasteiger partial charge in [0.1, 0.15) is 17.9 Å². The third-order valence-corrected chi connectivity index (χ3v) is 13.4. The lowest BCUT2D eigenvalue weighted by atomic mass is 9.49. The Kier molecular flexibility index (Phi) is 10.2. The lowest BCUT2D eigenvalue weighted by Gasteiger charge is -2.63. The van der Waals surface area contributed by atoms with Gasteiger partial charge in [-0.25, -0.2) is 0 Å². The van der Waals surface area contributed by atoms with E-state index in [2.05, 4.69) is 55.4 Å². The Balaban J connectivity index is 0.808. The molecule has 1 unspecified atom stereocenters. The van der Waals surface area contributed by atoms with Crippen molar-refractivity contribution in [1.29, 1.82) is 5.26 Å². The second-order valence-corrected chi connectivity index (χ2v) is 18.0. The lowest BCUT2D eigenvalue weighted by Crippen LogP contribution is -2.74. The number of aryl methyl sites for hydroxylation is 1. The Bertz CT molecular complexity index is 2220. The summed E-state index contributed by atoms with van der Waals surface area (Å²) in [5, 5.41) is 15.0. The molecule has 5 aliphatic rings. The molecule has 1 atom stereocenters. The largest absolute Gasteiger partial charge is 0.489 e. The van der Waals surface area contributed by atoms with Crippen LogP contribution in [0, 0.1) is 28.1 Å². The third kappa shape index (κ3) is 7.04. The number of nitrogens with zero attached hydrogens (tertiary/aromatic N) is 4. The van der Waals surface area contributed by atoms with Crippen LogP contribution in [0.5, 0.6) is 5.75 Å². The zero-order valence-corrected chi connectivity index (χ0v) is 34.0. The fraction of sp³-hybridized carbons (Fsp3) is 0.478. The summed E-state index contributed by atoms with van der Waals surface area (Å²) in [6, 6.07) is 18.1. The molecule has 0 radical (unpaired) electrons. The average molecular weight is 785 g/mol. The van der Waals surface area contributed by atoms with Gasteiger partial charge in [0.15, 0.2) is 0 Å². The quantitative estimate of drug-likeness (QED) is 0.275. The van der Waals surface area contributed by atoms with Gasteiger partial charge < -0.3 is 19.9 Å². The van der Waals surface area contributed by atoms with E-state index in [1.165, 1.54) is 5.56 Å². The number of rotatable bonds is 9. The number of fused-ring (bicyclic) bond motifs is 2. The van der Waals surface area contributed by atoms with Crippen LogP contribution < -0.4 is 15.4 Å². The molecular weight excluding hydrogens is 733 g/mol. The number of ether oxygens (including phenoxy) is 1. The van der Waals surface area contributed by atoms with Crippen LogP contribution in [0.3, 0.4) is 0 Å². The number of hydrogen-bond donors (Lipinski definition) is 2. The number of amides is 5. The smallest absolute Gasteiger partial charge is 0.255 e. The van der Waals surface area contributed by atoms with E-state index in [4.69, 9.17) is 4.74 Å². The van der Waals surface area contributed by atoms with Gasteiger partial charge >= 0.3 is 0 Å². The number of likely N-dealkylation sites (tertiary alicyclic amines) is 1. The Morgan fingerprint density at radius 2 is 1.55 bits per heavy atom. The van der Waals surface area contributed by atoms with E-state index in [1.807, 2.05) is 30.0 Å². The molecule has 4 heterocycles. The summed E-state index contributed by atoms with van der Waals surface area (Å²) in [4.78, 5) is 70.4. The number of imide groups is 1. The summed E-state index contributed by atoms with van der Waals surface area (Å²) in [6.07, 6.45) is 2.97. The number of benzene rings is 3.